The van der Waals surface area contributed by atoms with Crippen molar-refractivity contribution >= 4 is 0 Å². The van der Waals surface area contributed by atoms with E-state index in [4.69, 9.17) is 0 Å². The fourth-order valence-electron chi connectivity index (χ4n) is 2.95. The highest BCUT2D eigenvalue weighted by molar-refractivity contribution is 5.26. The number of hydrogen-bond donors (Lipinski definition) is 0. The predicted molar refractivity (Wildman–Crippen MR) is 55.1 cm³/mol. The van der Waals surface area contributed by atoms with Gasteiger partial charge in [-0.05, 0) is 30.1 Å². The highest BCUT2D eigenvalue weighted by Gasteiger charge is 2.38. The molecule has 3 aliphatic carbocycles. The summed E-state index contributed by atoms with van der Waals surface area (Å²) in [5, 5.41) is 0. The van der Waals surface area contributed by atoms with Crippen LogP contribution in [0.2, 0.25) is 0 Å². The van der Waals surface area contributed by atoms with Crippen LogP contribution in [-0.2, 0) is 0 Å². The smallest absolute Gasteiger partial charge is 0.00983 e. The first-order chi connectivity index (χ1) is 6.45. The van der Waals surface area contributed by atoms with Crippen LogP contribution in [0.1, 0.15) is 6.42 Å². The Bertz CT molecular complexity index is 285. The largest absolute Gasteiger partial charge is 0.0808 e. The van der Waals surface area contributed by atoms with Gasteiger partial charge < -0.3 is 0 Å². The molecule has 0 aromatic heterocycles. The molecule has 0 heteroatoms. The SMILES string of the molecule is C1=CC2CC3C=CC=C[C@@H]3[C@@H]2C=C1. The molecule has 0 heterocycles. The minimum absolute atomic E-state index is 0.774. The van der Waals surface area contributed by atoms with Gasteiger partial charge in [0.05, 0.1) is 0 Å². The van der Waals surface area contributed by atoms with Gasteiger partial charge in [0.2, 0.25) is 0 Å². The molecule has 66 valence electrons. The van der Waals surface area contributed by atoms with Crippen molar-refractivity contribution in [2.75, 3.05) is 0 Å². The van der Waals surface area contributed by atoms with E-state index in [0.717, 1.165) is 23.7 Å². The lowest BCUT2D eigenvalue weighted by Gasteiger charge is -2.21. The number of fused-ring (bicyclic) bond motifs is 3. The molecular weight excluding hydrogens is 156 g/mol. The fraction of sp³-hybridized carbons (Fsp3) is 0.385. The van der Waals surface area contributed by atoms with Gasteiger partial charge in [0, 0.05) is 0 Å². The summed E-state index contributed by atoms with van der Waals surface area (Å²) in [6.07, 6.45) is 19.7. The number of rotatable bonds is 0. The lowest BCUT2D eigenvalue weighted by Crippen LogP contribution is -2.14. The Labute approximate surface area is 79.3 Å². The Hall–Kier alpha value is -1.04. The van der Waals surface area contributed by atoms with E-state index in [1.165, 1.54) is 6.42 Å². The molecule has 0 amide bonds. The van der Waals surface area contributed by atoms with E-state index in [-0.39, 0.29) is 0 Å². The highest BCUT2D eigenvalue weighted by Crippen LogP contribution is 2.46. The van der Waals surface area contributed by atoms with Gasteiger partial charge in [-0.2, -0.15) is 0 Å². The minimum Gasteiger partial charge on any atom is -0.0808 e. The summed E-state index contributed by atoms with van der Waals surface area (Å²) in [4.78, 5) is 0. The van der Waals surface area contributed by atoms with Crippen molar-refractivity contribution in [2.24, 2.45) is 23.7 Å². The molecule has 0 aliphatic heterocycles. The maximum atomic E-state index is 2.39. The van der Waals surface area contributed by atoms with Gasteiger partial charge >= 0.3 is 0 Å². The van der Waals surface area contributed by atoms with Crippen molar-refractivity contribution < 1.29 is 0 Å². The molecule has 0 bridgehead atoms. The zero-order valence-electron chi connectivity index (χ0n) is 7.64. The van der Waals surface area contributed by atoms with Gasteiger partial charge in [0.1, 0.15) is 0 Å². The molecule has 0 aromatic carbocycles. The molecule has 0 aromatic rings. The monoisotopic (exact) mass is 170 g/mol. The molecule has 0 N–H and O–H groups in total. The van der Waals surface area contributed by atoms with Crippen molar-refractivity contribution in [3.8, 4) is 0 Å². The predicted octanol–water partition coefficient (Wildman–Crippen LogP) is 3.11. The van der Waals surface area contributed by atoms with E-state index in [0.29, 0.717) is 0 Å². The third-order valence-electron chi connectivity index (χ3n) is 3.58. The number of hydrogen-bond acceptors (Lipinski definition) is 0. The lowest BCUT2D eigenvalue weighted by atomic mass is 9.83. The second-order valence-corrected chi connectivity index (χ2v) is 4.26. The Kier molecular flexibility index (Phi) is 1.55. The minimum atomic E-state index is 0.774. The van der Waals surface area contributed by atoms with Crippen LogP contribution in [0, 0.1) is 23.7 Å². The molecule has 0 radical (unpaired) electrons. The standard InChI is InChI=1S/C13H14/c1-3-7-12-10(5-1)9-11-6-2-4-8-13(11)12/h1-8,10-13H,9H2/t10?,11?,12-,13+. The topological polar surface area (TPSA) is 0 Å². The van der Waals surface area contributed by atoms with Crippen LogP contribution in [-0.4, -0.2) is 0 Å². The Balaban J connectivity index is 1.95. The normalized spacial score (nSPS) is 44.9. The van der Waals surface area contributed by atoms with Gasteiger partial charge in [0.15, 0.2) is 0 Å². The van der Waals surface area contributed by atoms with Crippen molar-refractivity contribution in [2.45, 2.75) is 6.42 Å². The quantitative estimate of drug-likeness (QED) is 0.524. The van der Waals surface area contributed by atoms with Gasteiger partial charge in [-0.1, -0.05) is 48.6 Å². The molecule has 1 saturated carbocycles. The van der Waals surface area contributed by atoms with Gasteiger partial charge in [-0.15, -0.1) is 0 Å². The zero-order valence-corrected chi connectivity index (χ0v) is 7.64. The first kappa shape index (κ1) is 7.37. The summed E-state index contributed by atoms with van der Waals surface area (Å²) in [6.45, 7) is 0. The van der Waals surface area contributed by atoms with Gasteiger partial charge in [0.25, 0.3) is 0 Å². The van der Waals surface area contributed by atoms with Crippen molar-refractivity contribution in [3.05, 3.63) is 48.6 Å². The molecule has 1 fully saturated rings. The van der Waals surface area contributed by atoms with Crippen molar-refractivity contribution in [1.82, 2.24) is 0 Å². The molecule has 3 rings (SSSR count). The first-order valence-corrected chi connectivity index (χ1v) is 5.15. The van der Waals surface area contributed by atoms with Crippen LogP contribution in [0.15, 0.2) is 48.6 Å². The second-order valence-electron chi connectivity index (χ2n) is 4.26. The van der Waals surface area contributed by atoms with E-state index in [9.17, 15) is 0 Å². The van der Waals surface area contributed by atoms with Crippen molar-refractivity contribution in [1.29, 1.82) is 0 Å². The summed E-state index contributed by atoms with van der Waals surface area (Å²) in [5.74, 6) is 3.15. The van der Waals surface area contributed by atoms with E-state index in [1.54, 1.807) is 0 Å². The molecule has 0 nitrogen and oxygen atoms in total. The van der Waals surface area contributed by atoms with Crippen LogP contribution in [0.4, 0.5) is 0 Å². The average Bonchev–Trinajstić information content (AvgIpc) is 2.56. The third kappa shape index (κ3) is 1.05. The zero-order chi connectivity index (χ0) is 8.67. The molecule has 0 saturated heterocycles. The molecular formula is C13H14. The highest BCUT2D eigenvalue weighted by atomic mass is 14.4. The Morgan fingerprint density at radius 1 is 0.615 bits per heavy atom. The summed E-state index contributed by atoms with van der Waals surface area (Å²) in [5.41, 5.74) is 0. The molecule has 13 heavy (non-hydrogen) atoms. The number of allylic oxidation sites excluding steroid dienone is 8. The van der Waals surface area contributed by atoms with E-state index < -0.39 is 0 Å². The molecule has 4 atom stereocenters. The third-order valence-corrected chi connectivity index (χ3v) is 3.58. The van der Waals surface area contributed by atoms with Crippen LogP contribution < -0.4 is 0 Å². The van der Waals surface area contributed by atoms with Crippen molar-refractivity contribution in [3.63, 3.8) is 0 Å². The lowest BCUT2D eigenvalue weighted by molar-refractivity contribution is 0.461. The Morgan fingerprint density at radius 3 is 1.62 bits per heavy atom. The molecule has 0 spiro atoms. The van der Waals surface area contributed by atoms with Crippen LogP contribution >= 0.6 is 0 Å². The fourth-order valence-corrected chi connectivity index (χ4v) is 2.95. The second kappa shape index (κ2) is 2.73. The average molecular weight is 170 g/mol. The maximum Gasteiger partial charge on any atom is -0.00983 e. The van der Waals surface area contributed by atoms with Crippen LogP contribution in [0.5, 0.6) is 0 Å². The Morgan fingerprint density at radius 2 is 1.08 bits per heavy atom. The molecule has 2 unspecified atom stereocenters. The summed E-state index contributed by atoms with van der Waals surface area (Å²) >= 11 is 0. The van der Waals surface area contributed by atoms with Crippen LogP contribution in [0.25, 0.3) is 0 Å². The summed E-state index contributed by atoms with van der Waals surface area (Å²) in [6, 6.07) is 0. The van der Waals surface area contributed by atoms with Gasteiger partial charge in [-0.25, -0.2) is 0 Å². The molecule has 3 aliphatic rings. The maximum absolute atomic E-state index is 2.39. The van der Waals surface area contributed by atoms with E-state index in [2.05, 4.69) is 48.6 Å². The van der Waals surface area contributed by atoms with Crippen LogP contribution in [0.3, 0.4) is 0 Å². The van der Waals surface area contributed by atoms with E-state index in [1.807, 2.05) is 0 Å². The van der Waals surface area contributed by atoms with Gasteiger partial charge in [-0.3, -0.25) is 0 Å². The van der Waals surface area contributed by atoms with E-state index >= 15 is 0 Å². The summed E-state index contributed by atoms with van der Waals surface area (Å²) < 4.78 is 0. The summed E-state index contributed by atoms with van der Waals surface area (Å²) in [7, 11) is 0. The first-order valence-electron chi connectivity index (χ1n) is 5.15.